The van der Waals surface area contributed by atoms with Crippen LogP contribution in [0.3, 0.4) is 0 Å². The number of carbonyl (C=O) groups is 3. The zero-order valence-electron chi connectivity index (χ0n) is 17.1. The molecule has 2 aliphatic heterocycles. The molecule has 2 aliphatic rings. The molecule has 2 fully saturated rings. The Kier molecular flexibility index (Phi) is 6.66. The summed E-state index contributed by atoms with van der Waals surface area (Å²) >= 11 is 0. The molecular weight excluding hydrogens is 392 g/mol. The average Bonchev–Trinajstić information content (AvgIpc) is 3.23. The van der Waals surface area contributed by atoms with Gasteiger partial charge in [0, 0.05) is 36.8 Å². The van der Waals surface area contributed by atoms with Crippen LogP contribution in [0.4, 0.5) is 5.69 Å². The van der Waals surface area contributed by atoms with Gasteiger partial charge in [0.2, 0.25) is 11.8 Å². The van der Waals surface area contributed by atoms with Crippen molar-refractivity contribution in [2.75, 3.05) is 32.8 Å². The Hall–Kier alpha value is -3.01. The normalized spacial score (nSPS) is 20.0. The Balaban J connectivity index is 1.66. The Bertz CT molecular complexity index is 852. The number of hydrogen-bond acceptors (Lipinski definition) is 6. The largest absolute Gasteiger partial charge is 0.378 e. The van der Waals surface area contributed by atoms with Gasteiger partial charge < -0.3 is 19.9 Å². The van der Waals surface area contributed by atoms with Crippen LogP contribution < -0.4 is 5.32 Å². The number of carbonyl (C=O) groups excluding carboxylic acids is 3. The van der Waals surface area contributed by atoms with Crippen LogP contribution in [0.25, 0.3) is 0 Å². The summed E-state index contributed by atoms with van der Waals surface area (Å²) in [5, 5.41) is 13.7. The van der Waals surface area contributed by atoms with E-state index in [0.717, 1.165) is 0 Å². The highest BCUT2D eigenvalue weighted by Gasteiger charge is 2.36. The molecule has 0 radical (unpaired) electrons. The minimum atomic E-state index is -0.699. The average molecular weight is 418 g/mol. The number of ether oxygens (including phenoxy) is 1. The maximum atomic E-state index is 12.9. The van der Waals surface area contributed by atoms with Gasteiger partial charge in [-0.2, -0.15) is 0 Å². The molecule has 10 heteroatoms. The van der Waals surface area contributed by atoms with Crippen LogP contribution in [-0.4, -0.2) is 77.4 Å². The number of likely N-dealkylation sites (tertiary alicyclic amines) is 1. The van der Waals surface area contributed by atoms with E-state index in [4.69, 9.17) is 4.74 Å². The first-order valence-electron chi connectivity index (χ1n) is 10.0. The van der Waals surface area contributed by atoms with Crippen molar-refractivity contribution in [3.8, 4) is 0 Å². The lowest BCUT2D eigenvalue weighted by molar-refractivity contribution is -0.385. The highest BCUT2D eigenvalue weighted by molar-refractivity contribution is 5.99. The summed E-state index contributed by atoms with van der Waals surface area (Å²) in [5.41, 5.74) is 0.628. The predicted octanol–water partition coefficient (Wildman–Crippen LogP) is 0.871. The van der Waals surface area contributed by atoms with Crippen LogP contribution >= 0.6 is 0 Å². The van der Waals surface area contributed by atoms with Crippen molar-refractivity contribution in [1.82, 2.24) is 15.1 Å². The minimum absolute atomic E-state index is 0.0577. The molecule has 1 N–H and O–H groups in total. The van der Waals surface area contributed by atoms with Crippen molar-refractivity contribution in [2.24, 2.45) is 0 Å². The van der Waals surface area contributed by atoms with E-state index in [-0.39, 0.29) is 23.4 Å². The fourth-order valence-electron chi connectivity index (χ4n) is 3.87. The quantitative estimate of drug-likeness (QED) is 0.559. The molecule has 0 spiro atoms. The number of nitrogens with one attached hydrogen (secondary N) is 1. The van der Waals surface area contributed by atoms with Gasteiger partial charge in [-0.15, -0.1) is 0 Å². The summed E-state index contributed by atoms with van der Waals surface area (Å²) in [7, 11) is 0. The number of hydrogen-bond donors (Lipinski definition) is 1. The SMILES string of the molecule is Cc1cc(C(=O)N2CCCC2C(=O)NC(C)C(=O)N2CCOCC2)ccc1[N+](=O)[O-]. The Morgan fingerprint density at radius 2 is 1.93 bits per heavy atom. The number of aryl methyl sites for hydroxylation is 1. The number of amides is 3. The van der Waals surface area contributed by atoms with Crippen LogP contribution in [0.1, 0.15) is 35.7 Å². The molecule has 0 aliphatic carbocycles. The summed E-state index contributed by atoms with van der Waals surface area (Å²) in [5.74, 6) is -0.889. The van der Waals surface area contributed by atoms with Crippen LogP contribution in [-0.2, 0) is 14.3 Å². The van der Waals surface area contributed by atoms with Gasteiger partial charge in [-0.3, -0.25) is 24.5 Å². The van der Waals surface area contributed by atoms with Crippen molar-refractivity contribution in [3.05, 3.63) is 39.4 Å². The monoisotopic (exact) mass is 418 g/mol. The zero-order chi connectivity index (χ0) is 21.8. The second kappa shape index (κ2) is 9.21. The highest BCUT2D eigenvalue weighted by Crippen LogP contribution is 2.24. The molecule has 2 heterocycles. The first-order valence-corrected chi connectivity index (χ1v) is 10.0. The van der Waals surface area contributed by atoms with Crippen molar-refractivity contribution in [1.29, 1.82) is 0 Å². The van der Waals surface area contributed by atoms with Gasteiger partial charge in [0.25, 0.3) is 11.6 Å². The minimum Gasteiger partial charge on any atom is -0.378 e. The number of nitro benzene ring substituents is 1. The number of benzene rings is 1. The smallest absolute Gasteiger partial charge is 0.272 e. The molecule has 0 bridgehead atoms. The molecule has 1 aromatic carbocycles. The highest BCUT2D eigenvalue weighted by atomic mass is 16.6. The fraction of sp³-hybridized carbons (Fsp3) is 0.550. The van der Waals surface area contributed by atoms with Gasteiger partial charge in [-0.1, -0.05) is 0 Å². The Morgan fingerprint density at radius 3 is 2.57 bits per heavy atom. The summed E-state index contributed by atoms with van der Waals surface area (Å²) in [6.07, 6.45) is 1.17. The van der Waals surface area contributed by atoms with E-state index in [1.165, 1.54) is 23.1 Å². The molecule has 0 saturated carbocycles. The molecule has 30 heavy (non-hydrogen) atoms. The van der Waals surface area contributed by atoms with Gasteiger partial charge in [0.15, 0.2) is 0 Å². The van der Waals surface area contributed by atoms with E-state index < -0.39 is 17.0 Å². The number of nitrogens with zero attached hydrogens (tertiary/aromatic N) is 3. The maximum Gasteiger partial charge on any atom is 0.272 e. The molecule has 3 amide bonds. The molecular formula is C20H26N4O6. The Labute approximate surface area is 174 Å². The fourth-order valence-corrected chi connectivity index (χ4v) is 3.87. The third-order valence-corrected chi connectivity index (χ3v) is 5.51. The van der Waals surface area contributed by atoms with E-state index in [0.29, 0.717) is 56.8 Å². The molecule has 1 aromatic rings. The number of morpholine rings is 1. The van der Waals surface area contributed by atoms with Gasteiger partial charge in [-0.25, -0.2) is 0 Å². The molecule has 3 rings (SSSR count). The maximum absolute atomic E-state index is 12.9. The predicted molar refractivity (Wildman–Crippen MR) is 107 cm³/mol. The lowest BCUT2D eigenvalue weighted by Crippen LogP contribution is -2.54. The van der Waals surface area contributed by atoms with Crippen LogP contribution in [0.5, 0.6) is 0 Å². The lowest BCUT2D eigenvalue weighted by Gasteiger charge is -2.30. The molecule has 0 aromatic heterocycles. The van der Waals surface area contributed by atoms with Gasteiger partial charge in [-0.05, 0) is 38.8 Å². The van der Waals surface area contributed by atoms with Crippen LogP contribution in [0.15, 0.2) is 18.2 Å². The second-order valence-corrected chi connectivity index (χ2v) is 7.58. The standard InChI is InChI=1S/C20H26N4O6/c1-13-12-15(5-6-16(13)24(28)29)20(27)23-7-3-4-17(23)18(25)21-14(2)19(26)22-8-10-30-11-9-22/h5-6,12,14,17H,3-4,7-11H2,1-2H3,(H,21,25). The second-order valence-electron chi connectivity index (χ2n) is 7.58. The van der Waals surface area contributed by atoms with Crippen molar-refractivity contribution < 1.29 is 24.0 Å². The van der Waals surface area contributed by atoms with Gasteiger partial charge in [0.05, 0.1) is 18.1 Å². The summed E-state index contributed by atoms with van der Waals surface area (Å²) in [6, 6.07) is 2.81. The first kappa shape index (κ1) is 21.7. The van der Waals surface area contributed by atoms with Crippen molar-refractivity contribution in [3.63, 3.8) is 0 Å². The van der Waals surface area contributed by atoms with E-state index in [2.05, 4.69) is 5.32 Å². The van der Waals surface area contributed by atoms with Crippen molar-refractivity contribution in [2.45, 2.75) is 38.8 Å². The molecule has 10 nitrogen and oxygen atoms in total. The summed E-state index contributed by atoms with van der Waals surface area (Å²) in [4.78, 5) is 51.9. The number of rotatable bonds is 5. The molecule has 2 atom stereocenters. The first-order chi connectivity index (χ1) is 14.3. The third-order valence-electron chi connectivity index (χ3n) is 5.51. The van der Waals surface area contributed by atoms with Crippen LogP contribution in [0, 0.1) is 17.0 Å². The molecule has 2 saturated heterocycles. The van der Waals surface area contributed by atoms with Crippen molar-refractivity contribution >= 4 is 23.4 Å². The van der Waals surface area contributed by atoms with Gasteiger partial charge in [0.1, 0.15) is 12.1 Å². The van der Waals surface area contributed by atoms with E-state index in [1.54, 1.807) is 18.7 Å². The topological polar surface area (TPSA) is 122 Å². The molecule has 2 unspecified atom stereocenters. The van der Waals surface area contributed by atoms with E-state index in [1.807, 2.05) is 0 Å². The van der Waals surface area contributed by atoms with Gasteiger partial charge >= 0.3 is 0 Å². The molecule has 162 valence electrons. The zero-order valence-corrected chi connectivity index (χ0v) is 17.1. The van der Waals surface area contributed by atoms with E-state index >= 15 is 0 Å². The summed E-state index contributed by atoms with van der Waals surface area (Å²) < 4.78 is 5.24. The summed E-state index contributed by atoms with van der Waals surface area (Å²) in [6.45, 7) is 5.56. The lowest BCUT2D eigenvalue weighted by atomic mass is 10.1. The number of nitro groups is 1. The van der Waals surface area contributed by atoms with Crippen LogP contribution in [0.2, 0.25) is 0 Å². The Morgan fingerprint density at radius 1 is 1.23 bits per heavy atom. The third kappa shape index (κ3) is 4.59. The van der Waals surface area contributed by atoms with E-state index in [9.17, 15) is 24.5 Å².